The summed E-state index contributed by atoms with van der Waals surface area (Å²) in [4.78, 5) is 13.0. The predicted molar refractivity (Wildman–Crippen MR) is 87.7 cm³/mol. The zero-order chi connectivity index (χ0) is 17.1. The quantitative estimate of drug-likeness (QED) is 0.617. The predicted octanol–water partition coefficient (Wildman–Crippen LogP) is 2.97. The molecule has 0 amide bonds. The molecule has 0 aliphatic heterocycles. The first-order valence-corrected chi connectivity index (χ1v) is 8.86. The summed E-state index contributed by atoms with van der Waals surface area (Å²) in [7, 11) is 0. The molecule has 0 saturated heterocycles. The van der Waals surface area contributed by atoms with Crippen LogP contribution in [0.3, 0.4) is 0 Å². The van der Waals surface area contributed by atoms with Gasteiger partial charge in [-0.25, -0.2) is 0 Å². The van der Waals surface area contributed by atoms with Gasteiger partial charge in [0, 0.05) is 19.3 Å². The number of carbonyl (C=O) groups excluding carboxylic acids is 1. The van der Waals surface area contributed by atoms with E-state index in [4.69, 9.17) is 4.74 Å². The standard InChI is InChI=1S/C19H30O4/c1-5-6-16(4,13(2)3)15(20)23-19-9-14-7-17(21,11-19)10-18(22,8-14)12-19/h5-6,13-14,21-22H,7-12H2,1-4H3/b6-5-. The van der Waals surface area contributed by atoms with Gasteiger partial charge in [0.05, 0.1) is 16.6 Å². The van der Waals surface area contributed by atoms with E-state index in [-0.39, 0.29) is 17.8 Å². The van der Waals surface area contributed by atoms with Crippen molar-refractivity contribution in [2.75, 3.05) is 0 Å². The molecule has 4 heteroatoms. The largest absolute Gasteiger partial charge is 0.458 e. The Balaban J connectivity index is 1.86. The van der Waals surface area contributed by atoms with Gasteiger partial charge in [-0.15, -0.1) is 0 Å². The molecule has 4 nitrogen and oxygen atoms in total. The third kappa shape index (κ3) is 2.74. The molecular formula is C19H30O4. The summed E-state index contributed by atoms with van der Waals surface area (Å²) >= 11 is 0. The van der Waals surface area contributed by atoms with E-state index in [2.05, 4.69) is 0 Å². The van der Waals surface area contributed by atoms with Crippen LogP contribution in [-0.4, -0.2) is 33.0 Å². The van der Waals surface area contributed by atoms with Crippen molar-refractivity contribution in [2.45, 2.75) is 83.0 Å². The van der Waals surface area contributed by atoms with Crippen LogP contribution >= 0.6 is 0 Å². The van der Waals surface area contributed by atoms with Crippen molar-refractivity contribution in [3.8, 4) is 0 Å². The minimum absolute atomic E-state index is 0.117. The Labute approximate surface area is 138 Å². The Hall–Kier alpha value is -0.870. The lowest BCUT2D eigenvalue weighted by Crippen LogP contribution is -2.67. The topological polar surface area (TPSA) is 66.8 Å². The third-order valence-corrected chi connectivity index (χ3v) is 6.42. The molecule has 4 rings (SSSR count). The van der Waals surface area contributed by atoms with E-state index < -0.39 is 22.2 Å². The SMILES string of the molecule is C/C=C\C(C)(C(=O)OC12CC3CC(O)(CC(O)(C3)C1)C2)C(C)C. The van der Waals surface area contributed by atoms with Gasteiger partial charge in [-0.05, 0) is 44.9 Å². The molecule has 3 atom stereocenters. The summed E-state index contributed by atoms with van der Waals surface area (Å²) < 4.78 is 6.05. The number of hydrogen-bond donors (Lipinski definition) is 2. The van der Waals surface area contributed by atoms with Crippen LogP contribution in [0.4, 0.5) is 0 Å². The first kappa shape index (κ1) is 17.0. The first-order chi connectivity index (χ1) is 10.5. The van der Waals surface area contributed by atoms with E-state index >= 15 is 0 Å². The van der Waals surface area contributed by atoms with Crippen LogP contribution in [0.15, 0.2) is 12.2 Å². The van der Waals surface area contributed by atoms with Crippen LogP contribution in [0.5, 0.6) is 0 Å². The van der Waals surface area contributed by atoms with Crippen LogP contribution in [0.1, 0.15) is 66.2 Å². The minimum Gasteiger partial charge on any atom is -0.458 e. The molecule has 0 aromatic heterocycles. The second-order valence-corrected chi connectivity index (χ2v) is 8.97. The Morgan fingerprint density at radius 3 is 2.17 bits per heavy atom. The second kappa shape index (κ2) is 5.06. The Morgan fingerprint density at radius 2 is 1.74 bits per heavy atom. The molecular weight excluding hydrogens is 292 g/mol. The average molecular weight is 322 g/mol. The molecule has 4 aliphatic carbocycles. The van der Waals surface area contributed by atoms with Crippen LogP contribution in [-0.2, 0) is 9.53 Å². The molecule has 4 saturated carbocycles. The highest BCUT2D eigenvalue weighted by Gasteiger charge is 2.65. The van der Waals surface area contributed by atoms with Gasteiger partial charge in [-0.1, -0.05) is 26.0 Å². The number of ether oxygens (including phenoxy) is 1. The molecule has 0 aromatic carbocycles. The van der Waals surface area contributed by atoms with Crippen LogP contribution in [0, 0.1) is 17.3 Å². The maximum atomic E-state index is 13.0. The molecule has 4 fully saturated rings. The van der Waals surface area contributed by atoms with Gasteiger partial charge in [-0.3, -0.25) is 4.79 Å². The molecule has 0 radical (unpaired) electrons. The van der Waals surface area contributed by atoms with Crippen molar-refractivity contribution >= 4 is 5.97 Å². The maximum Gasteiger partial charge on any atom is 0.316 e. The summed E-state index contributed by atoms with van der Waals surface area (Å²) in [5.41, 5.74) is -3.12. The highest BCUT2D eigenvalue weighted by atomic mass is 16.6. The van der Waals surface area contributed by atoms with Crippen molar-refractivity contribution in [2.24, 2.45) is 17.3 Å². The first-order valence-electron chi connectivity index (χ1n) is 8.86. The zero-order valence-electron chi connectivity index (χ0n) is 14.8. The van der Waals surface area contributed by atoms with Crippen molar-refractivity contribution in [1.82, 2.24) is 0 Å². The lowest BCUT2D eigenvalue weighted by atomic mass is 9.50. The van der Waals surface area contributed by atoms with E-state index in [9.17, 15) is 15.0 Å². The monoisotopic (exact) mass is 322 g/mol. The lowest BCUT2D eigenvalue weighted by Gasteiger charge is -2.62. The van der Waals surface area contributed by atoms with Crippen LogP contribution in [0.2, 0.25) is 0 Å². The Bertz CT molecular complexity index is 519. The summed E-state index contributed by atoms with van der Waals surface area (Å²) in [6.45, 7) is 7.85. The van der Waals surface area contributed by atoms with Gasteiger partial charge in [0.1, 0.15) is 5.60 Å². The number of allylic oxidation sites excluding steroid dienone is 1. The molecule has 0 spiro atoms. The molecule has 0 aromatic rings. The fourth-order valence-corrected chi connectivity index (χ4v) is 5.51. The van der Waals surface area contributed by atoms with Crippen molar-refractivity contribution in [1.29, 1.82) is 0 Å². The van der Waals surface area contributed by atoms with Crippen molar-refractivity contribution in [3.63, 3.8) is 0 Å². The van der Waals surface area contributed by atoms with Gasteiger partial charge < -0.3 is 14.9 Å². The number of aliphatic hydroxyl groups is 2. The molecule has 4 bridgehead atoms. The van der Waals surface area contributed by atoms with E-state index in [1.54, 1.807) is 0 Å². The lowest BCUT2D eigenvalue weighted by molar-refractivity contribution is -0.264. The number of carbonyl (C=O) groups is 1. The van der Waals surface area contributed by atoms with Gasteiger partial charge in [0.2, 0.25) is 0 Å². The molecule has 23 heavy (non-hydrogen) atoms. The van der Waals surface area contributed by atoms with Crippen molar-refractivity contribution in [3.05, 3.63) is 12.2 Å². The van der Waals surface area contributed by atoms with Gasteiger partial charge in [0.15, 0.2) is 0 Å². The average Bonchev–Trinajstić information content (AvgIpc) is 2.33. The number of esters is 1. The van der Waals surface area contributed by atoms with E-state index in [1.165, 1.54) is 0 Å². The number of rotatable bonds is 4. The van der Waals surface area contributed by atoms with Gasteiger partial charge >= 0.3 is 5.97 Å². The molecule has 4 aliphatic rings. The maximum absolute atomic E-state index is 13.0. The van der Waals surface area contributed by atoms with Crippen molar-refractivity contribution < 1.29 is 19.7 Å². The molecule has 0 heterocycles. The fourth-order valence-electron chi connectivity index (χ4n) is 5.51. The Morgan fingerprint density at radius 1 is 1.17 bits per heavy atom. The summed E-state index contributed by atoms with van der Waals surface area (Å²) in [6.07, 6.45) is 7.38. The van der Waals surface area contributed by atoms with Crippen LogP contribution < -0.4 is 0 Å². The van der Waals surface area contributed by atoms with E-state index in [0.717, 1.165) is 19.3 Å². The van der Waals surface area contributed by atoms with Gasteiger partial charge in [-0.2, -0.15) is 0 Å². The van der Waals surface area contributed by atoms with E-state index in [0.29, 0.717) is 19.3 Å². The summed E-state index contributed by atoms with van der Waals surface area (Å²) in [6, 6.07) is 0. The number of hydrogen-bond acceptors (Lipinski definition) is 4. The van der Waals surface area contributed by atoms with E-state index in [1.807, 2.05) is 39.8 Å². The second-order valence-electron chi connectivity index (χ2n) is 8.97. The molecule has 2 N–H and O–H groups in total. The smallest absolute Gasteiger partial charge is 0.316 e. The zero-order valence-corrected chi connectivity index (χ0v) is 14.8. The van der Waals surface area contributed by atoms with Crippen LogP contribution in [0.25, 0.3) is 0 Å². The summed E-state index contributed by atoms with van der Waals surface area (Å²) in [5.74, 6) is 0.132. The normalized spacial score (nSPS) is 44.7. The third-order valence-electron chi connectivity index (χ3n) is 6.42. The highest BCUT2D eigenvalue weighted by Crippen LogP contribution is 2.60. The summed E-state index contributed by atoms with van der Waals surface area (Å²) in [5, 5.41) is 21.6. The minimum atomic E-state index is -0.872. The molecule has 3 unspecified atom stereocenters. The fraction of sp³-hybridized carbons (Fsp3) is 0.842. The Kier molecular flexibility index (Phi) is 3.73. The van der Waals surface area contributed by atoms with Gasteiger partial charge in [0.25, 0.3) is 0 Å². The highest BCUT2D eigenvalue weighted by molar-refractivity contribution is 5.79. The molecule has 130 valence electrons.